The van der Waals surface area contributed by atoms with Gasteiger partial charge >= 0.3 is 12.2 Å². The van der Waals surface area contributed by atoms with Crippen LogP contribution < -0.4 is 5.69 Å². The van der Waals surface area contributed by atoms with Crippen molar-refractivity contribution in [2.24, 2.45) is 0 Å². The van der Waals surface area contributed by atoms with Gasteiger partial charge in [-0.15, -0.1) is 0 Å². The Morgan fingerprint density at radius 1 is 1.10 bits per heavy atom. The first-order chi connectivity index (χ1) is 9.51. The molecule has 0 amide bonds. The fourth-order valence-electron chi connectivity index (χ4n) is 1.74. The van der Waals surface area contributed by atoms with Gasteiger partial charge in [0.2, 0.25) is 0 Å². The molecule has 0 aliphatic heterocycles. The average molecular weight is 295 g/mol. The van der Waals surface area contributed by atoms with Crippen molar-refractivity contribution < 1.29 is 8.78 Å². The Balaban J connectivity index is 2.85. The SMILES string of the molecule is N#Cc1c(C#N)n(C(F)F)c(=O)n1-c1ccc(Cl)cc1. The first-order valence-electron chi connectivity index (χ1n) is 5.22. The van der Waals surface area contributed by atoms with Crippen molar-refractivity contribution >= 4 is 11.6 Å². The van der Waals surface area contributed by atoms with E-state index in [9.17, 15) is 13.6 Å². The van der Waals surface area contributed by atoms with Gasteiger partial charge in [-0.25, -0.2) is 9.36 Å². The second-order valence-electron chi connectivity index (χ2n) is 3.66. The van der Waals surface area contributed by atoms with E-state index in [-0.39, 0.29) is 10.3 Å². The van der Waals surface area contributed by atoms with Gasteiger partial charge in [-0.2, -0.15) is 19.3 Å². The Morgan fingerprint density at radius 2 is 1.65 bits per heavy atom. The van der Waals surface area contributed by atoms with E-state index in [0.29, 0.717) is 5.02 Å². The molecule has 100 valence electrons. The molecule has 0 fully saturated rings. The molecule has 8 heteroatoms. The maximum Gasteiger partial charge on any atom is 0.339 e. The van der Waals surface area contributed by atoms with Crippen LogP contribution in [-0.4, -0.2) is 9.13 Å². The molecule has 0 bridgehead atoms. The van der Waals surface area contributed by atoms with E-state index in [4.69, 9.17) is 22.1 Å². The summed E-state index contributed by atoms with van der Waals surface area (Å²) in [7, 11) is 0. The first-order valence-corrected chi connectivity index (χ1v) is 5.60. The third-order valence-electron chi connectivity index (χ3n) is 2.58. The Hall–Kier alpha value is -2.64. The number of benzene rings is 1. The highest BCUT2D eigenvalue weighted by molar-refractivity contribution is 6.30. The van der Waals surface area contributed by atoms with Crippen molar-refractivity contribution in [1.29, 1.82) is 10.5 Å². The highest BCUT2D eigenvalue weighted by atomic mass is 35.5. The van der Waals surface area contributed by atoms with Crippen molar-refractivity contribution in [2.75, 3.05) is 0 Å². The summed E-state index contributed by atoms with van der Waals surface area (Å²) in [5.41, 5.74) is -2.11. The lowest BCUT2D eigenvalue weighted by molar-refractivity contribution is 0.0654. The molecular formula is C12H5ClF2N4O. The van der Waals surface area contributed by atoms with Gasteiger partial charge in [0.25, 0.3) is 0 Å². The Morgan fingerprint density at radius 3 is 2.10 bits per heavy atom. The molecule has 2 rings (SSSR count). The number of nitriles is 2. The lowest BCUT2D eigenvalue weighted by Crippen LogP contribution is -2.24. The number of hydrogen-bond donors (Lipinski definition) is 0. The smallest absolute Gasteiger partial charge is 0.250 e. The molecule has 1 aromatic carbocycles. The minimum atomic E-state index is -3.21. The molecule has 20 heavy (non-hydrogen) atoms. The van der Waals surface area contributed by atoms with Crippen LogP contribution in [0.1, 0.15) is 17.9 Å². The summed E-state index contributed by atoms with van der Waals surface area (Å²) in [5.74, 6) is 0. The first kappa shape index (κ1) is 13.8. The van der Waals surface area contributed by atoms with E-state index in [0.717, 1.165) is 4.57 Å². The van der Waals surface area contributed by atoms with Gasteiger partial charge in [0.1, 0.15) is 12.1 Å². The predicted octanol–water partition coefficient (Wildman–Crippen LogP) is 2.43. The number of alkyl halides is 2. The number of aromatic nitrogens is 2. The van der Waals surface area contributed by atoms with Gasteiger partial charge in [0.15, 0.2) is 11.4 Å². The van der Waals surface area contributed by atoms with Gasteiger partial charge in [0.05, 0.1) is 5.69 Å². The van der Waals surface area contributed by atoms with Crippen LogP contribution in [0.2, 0.25) is 5.02 Å². The lowest BCUT2D eigenvalue weighted by atomic mass is 10.3. The third-order valence-corrected chi connectivity index (χ3v) is 2.83. The Labute approximate surface area is 116 Å². The summed E-state index contributed by atoms with van der Waals surface area (Å²) in [5, 5.41) is 18.3. The molecule has 0 saturated heterocycles. The highest BCUT2D eigenvalue weighted by Crippen LogP contribution is 2.19. The van der Waals surface area contributed by atoms with Crippen molar-refractivity contribution in [3.63, 3.8) is 0 Å². The van der Waals surface area contributed by atoms with Crippen LogP contribution in [-0.2, 0) is 0 Å². The normalized spacial score (nSPS) is 10.3. The van der Waals surface area contributed by atoms with Gasteiger partial charge in [-0.3, -0.25) is 4.57 Å². The van der Waals surface area contributed by atoms with E-state index < -0.39 is 23.6 Å². The molecule has 0 N–H and O–H groups in total. The summed E-state index contributed by atoms with van der Waals surface area (Å²) < 4.78 is 26.4. The fraction of sp³-hybridized carbons (Fsp3) is 0.0833. The van der Waals surface area contributed by atoms with Crippen LogP contribution in [0.25, 0.3) is 5.69 Å². The van der Waals surface area contributed by atoms with Crippen LogP contribution in [0.15, 0.2) is 29.1 Å². The quantitative estimate of drug-likeness (QED) is 0.853. The standard InChI is InChI=1S/C12H5ClF2N4O/c13-7-1-3-8(4-2-7)18-9(5-16)10(6-17)19(11(14)15)12(18)20/h1-4,11H. The molecule has 1 heterocycles. The molecule has 0 atom stereocenters. The van der Waals surface area contributed by atoms with Crippen LogP contribution in [0.4, 0.5) is 8.78 Å². The number of imidazole rings is 1. The van der Waals surface area contributed by atoms with Gasteiger partial charge in [-0.1, -0.05) is 11.6 Å². The Kier molecular flexibility index (Phi) is 3.55. The zero-order chi connectivity index (χ0) is 14.9. The van der Waals surface area contributed by atoms with E-state index >= 15 is 0 Å². The fourth-order valence-corrected chi connectivity index (χ4v) is 1.87. The van der Waals surface area contributed by atoms with E-state index in [1.165, 1.54) is 30.3 Å². The second-order valence-corrected chi connectivity index (χ2v) is 4.10. The number of hydrogen-bond acceptors (Lipinski definition) is 3. The lowest BCUT2D eigenvalue weighted by Gasteiger charge is -2.02. The van der Waals surface area contributed by atoms with Crippen LogP contribution >= 0.6 is 11.6 Å². The summed E-state index contributed by atoms with van der Waals surface area (Å²) >= 11 is 5.70. The predicted molar refractivity (Wildman–Crippen MR) is 65.7 cm³/mol. The molecular weight excluding hydrogens is 290 g/mol. The molecule has 0 saturated carbocycles. The van der Waals surface area contributed by atoms with Crippen molar-refractivity contribution in [1.82, 2.24) is 9.13 Å². The van der Waals surface area contributed by atoms with Gasteiger partial charge in [0, 0.05) is 5.02 Å². The summed E-state index contributed by atoms with van der Waals surface area (Å²) in [6.07, 6.45) is 0. The summed E-state index contributed by atoms with van der Waals surface area (Å²) in [6, 6.07) is 8.71. The second kappa shape index (κ2) is 5.16. The monoisotopic (exact) mass is 294 g/mol. The third kappa shape index (κ3) is 2.04. The largest absolute Gasteiger partial charge is 0.339 e. The Bertz CT molecular complexity index is 793. The van der Waals surface area contributed by atoms with Crippen molar-refractivity contribution in [3.8, 4) is 17.8 Å². The van der Waals surface area contributed by atoms with Gasteiger partial charge in [-0.05, 0) is 24.3 Å². The minimum Gasteiger partial charge on any atom is -0.250 e. The maximum absolute atomic E-state index is 12.9. The minimum absolute atomic E-state index is 0.0207. The topological polar surface area (TPSA) is 74.5 Å². The van der Waals surface area contributed by atoms with Crippen LogP contribution in [0, 0.1) is 22.7 Å². The average Bonchev–Trinajstić information content (AvgIpc) is 2.71. The zero-order valence-electron chi connectivity index (χ0n) is 9.72. The summed E-state index contributed by atoms with van der Waals surface area (Å²) in [6.45, 7) is -3.21. The molecule has 0 aliphatic carbocycles. The molecule has 1 aromatic heterocycles. The van der Waals surface area contributed by atoms with E-state index in [1.807, 2.05) is 0 Å². The zero-order valence-corrected chi connectivity index (χ0v) is 10.5. The number of nitrogens with zero attached hydrogens (tertiary/aromatic N) is 4. The number of halogens is 3. The molecule has 0 spiro atoms. The summed E-state index contributed by atoms with van der Waals surface area (Å²) in [4.78, 5) is 12.0. The van der Waals surface area contributed by atoms with Crippen LogP contribution in [0.5, 0.6) is 0 Å². The van der Waals surface area contributed by atoms with Crippen molar-refractivity contribution in [2.45, 2.75) is 6.55 Å². The molecule has 0 aliphatic rings. The van der Waals surface area contributed by atoms with Crippen LogP contribution in [0.3, 0.4) is 0 Å². The molecule has 0 unspecified atom stereocenters. The molecule has 5 nitrogen and oxygen atoms in total. The van der Waals surface area contributed by atoms with E-state index in [2.05, 4.69) is 0 Å². The van der Waals surface area contributed by atoms with Gasteiger partial charge < -0.3 is 0 Å². The van der Waals surface area contributed by atoms with E-state index in [1.54, 1.807) is 6.07 Å². The maximum atomic E-state index is 12.9. The highest BCUT2D eigenvalue weighted by Gasteiger charge is 2.25. The molecule has 0 radical (unpaired) electrons. The number of rotatable bonds is 2. The van der Waals surface area contributed by atoms with Crippen molar-refractivity contribution in [3.05, 3.63) is 51.2 Å². The molecule has 2 aromatic rings.